The Balaban J connectivity index is 1.97. The minimum absolute atomic E-state index is 0.137. The molecule has 100 valence electrons. The summed E-state index contributed by atoms with van der Waals surface area (Å²) in [7, 11) is 3.84. The fourth-order valence-corrected chi connectivity index (χ4v) is 3.22. The minimum atomic E-state index is -0.441. The van der Waals surface area contributed by atoms with Crippen LogP contribution in [0.1, 0.15) is 12.0 Å². The molecule has 0 N–H and O–H groups in total. The zero-order valence-electron chi connectivity index (χ0n) is 11.5. The second kappa shape index (κ2) is 4.46. The smallest absolute Gasteiger partial charge is 0.256 e. The van der Waals surface area contributed by atoms with Crippen LogP contribution < -0.4 is 0 Å². The van der Waals surface area contributed by atoms with Crippen LogP contribution in [-0.2, 0) is 11.2 Å². The molecule has 1 unspecified atom stereocenters. The van der Waals surface area contributed by atoms with E-state index in [1.54, 1.807) is 7.05 Å². The fraction of sp³-hybridized carbons (Fsp3) is 0.467. The van der Waals surface area contributed by atoms with Gasteiger partial charge in [0.1, 0.15) is 5.41 Å². The van der Waals surface area contributed by atoms with Gasteiger partial charge in [-0.05, 0) is 19.0 Å². The number of likely N-dealkylation sites (tertiary alicyclic amines) is 1. The summed E-state index contributed by atoms with van der Waals surface area (Å²) in [6, 6.07) is 10.2. The number of carbonyl (C=O) groups is 1. The van der Waals surface area contributed by atoms with Gasteiger partial charge in [0.15, 0.2) is 0 Å². The Kier molecular flexibility index (Phi) is 2.90. The Bertz CT molecular complexity index is 525. The van der Waals surface area contributed by atoms with E-state index < -0.39 is 5.41 Å². The number of hydrogen-bond acceptors (Lipinski definition) is 3. The average molecular weight is 257 g/mol. The lowest BCUT2D eigenvalue weighted by atomic mass is 9.73. The minimum Gasteiger partial charge on any atom is -0.305 e. The van der Waals surface area contributed by atoms with Crippen LogP contribution in [0.2, 0.25) is 0 Å². The van der Waals surface area contributed by atoms with E-state index in [1.165, 1.54) is 10.6 Å². The first kappa shape index (κ1) is 12.4. The standard InChI is InChI=1S/C15H19N3O/c1-17-9-8-13-15(11-17,14(19)18(2)16-13)10-12-6-4-3-5-7-12/h3-7H,8-11H2,1-2H3. The summed E-state index contributed by atoms with van der Waals surface area (Å²) in [6.07, 6.45) is 1.64. The maximum atomic E-state index is 12.6. The number of nitrogens with zero attached hydrogens (tertiary/aromatic N) is 3. The molecular formula is C15H19N3O. The predicted molar refractivity (Wildman–Crippen MR) is 74.9 cm³/mol. The van der Waals surface area contributed by atoms with Crippen molar-refractivity contribution in [3.05, 3.63) is 35.9 Å². The van der Waals surface area contributed by atoms with E-state index in [0.717, 1.165) is 31.6 Å². The van der Waals surface area contributed by atoms with Crippen LogP contribution in [0.4, 0.5) is 0 Å². The molecule has 1 aromatic carbocycles. The molecular weight excluding hydrogens is 238 g/mol. The van der Waals surface area contributed by atoms with Crippen LogP contribution in [0.25, 0.3) is 0 Å². The van der Waals surface area contributed by atoms with Crippen LogP contribution in [0.5, 0.6) is 0 Å². The molecule has 4 nitrogen and oxygen atoms in total. The lowest BCUT2D eigenvalue weighted by Gasteiger charge is -2.37. The number of piperidine rings is 1. The van der Waals surface area contributed by atoms with Crippen LogP contribution in [0, 0.1) is 5.41 Å². The van der Waals surface area contributed by atoms with Gasteiger partial charge in [-0.2, -0.15) is 5.10 Å². The SMILES string of the molecule is CN1CCC2=NN(C)C(=O)C2(Cc2ccccc2)C1. The van der Waals surface area contributed by atoms with Crippen LogP contribution in [0.15, 0.2) is 35.4 Å². The van der Waals surface area contributed by atoms with Crippen molar-refractivity contribution in [1.29, 1.82) is 0 Å². The van der Waals surface area contributed by atoms with Crippen molar-refractivity contribution in [3.63, 3.8) is 0 Å². The Morgan fingerprint density at radius 1 is 1.26 bits per heavy atom. The van der Waals surface area contributed by atoms with Gasteiger partial charge in [-0.15, -0.1) is 0 Å². The number of fused-ring (bicyclic) bond motifs is 1. The summed E-state index contributed by atoms with van der Waals surface area (Å²) in [4.78, 5) is 14.8. The molecule has 0 spiro atoms. The first-order valence-electron chi connectivity index (χ1n) is 6.70. The van der Waals surface area contributed by atoms with Crippen molar-refractivity contribution in [3.8, 4) is 0 Å². The third kappa shape index (κ3) is 1.96. The number of carbonyl (C=O) groups excluding carboxylic acids is 1. The van der Waals surface area contributed by atoms with Crippen molar-refractivity contribution < 1.29 is 4.79 Å². The summed E-state index contributed by atoms with van der Waals surface area (Å²) in [5.41, 5.74) is 1.82. The molecule has 2 aliphatic heterocycles. The normalized spacial score (nSPS) is 27.4. The molecule has 1 amide bonds. The Hall–Kier alpha value is -1.68. The molecule has 19 heavy (non-hydrogen) atoms. The summed E-state index contributed by atoms with van der Waals surface area (Å²) in [6.45, 7) is 1.75. The summed E-state index contributed by atoms with van der Waals surface area (Å²) >= 11 is 0. The first-order valence-corrected chi connectivity index (χ1v) is 6.70. The largest absolute Gasteiger partial charge is 0.305 e. The van der Waals surface area contributed by atoms with E-state index in [0.29, 0.717) is 0 Å². The van der Waals surface area contributed by atoms with Gasteiger partial charge < -0.3 is 4.90 Å². The van der Waals surface area contributed by atoms with E-state index in [1.807, 2.05) is 18.2 Å². The Labute approximate surface area is 113 Å². The topological polar surface area (TPSA) is 35.9 Å². The number of hydrogen-bond donors (Lipinski definition) is 0. The Morgan fingerprint density at radius 2 is 2.00 bits per heavy atom. The highest BCUT2D eigenvalue weighted by molar-refractivity contribution is 6.13. The molecule has 0 saturated carbocycles. The van der Waals surface area contributed by atoms with E-state index in [-0.39, 0.29) is 5.91 Å². The van der Waals surface area contributed by atoms with Gasteiger partial charge in [0.2, 0.25) is 0 Å². The van der Waals surface area contributed by atoms with Gasteiger partial charge in [0, 0.05) is 26.6 Å². The van der Waals surface area contributed by atoms with E-state index >= 15 is 0 Å². The van der Waals surface area contributed by atoms with Crippen molar-refractivity contribution in [1.82, 2.24) is 9.91 Å². The molecule has 1 fully saturated rings. The first-order chi connectivity index (χ1) is 9.12. The molecule has 2 heterocycles. The molecule has 4 heteroatoms. The number of benzene rings is 1. The van der Waals surface area contributed by atoms with Crippen LogP contribution in [-0.4, -0.2) is 48.7 Å². The molecule has 3 rings (SSSR count). The highest BCUT2D eigenvalue weighted by Crippen LogP contribution is 2.37. The lowest BCUT2D eigenvalue weighted by molar-refractivity contribution is -0.135. The van der Waals surface area contributed by atoms with Crippen molar-refractivity contribution in [2.24, 2.45) is 10.5 Å². The molecule has 0 aliphatic carbocycles. The third-order valence-corrected chi connectivity index (χ3v) is 4.15. The van der Waals surface area contributed by atoms with E-state index in [9.17, 15) is 4.79 Å². The van der Waals surface area contributed by atoms with Gasteiger partial charge in [-0.25, -0.2) is 5.01 Å². The Morgan fingerprint density at radius 3 is 2.74 bits per heavy atom. The highest BCUT2D eigenvalue weighted by atomic mass is 16.2. The number of rotatable bonds is 2. The summed E-state index contributed by atoms with van der Waals surface area (Å²) in [5.74, 6) is 0.137. The summed E-state index contributed by atoms with van der Waals surface area (Å²) in [5, 5.41) is 5.99. The monoisotopic (exact) mass is 257 g/mol. The van der Waals surface area contributed by atoms with Gasteiger partial charge in [0.05, 0.1) is 5.71 Å². The van der Waals surface area contributed by atoms with Crippen LogP contribution in [0.3, 0.4) is 0 Å². The maximum absolute atomic E-state index is 12.6. The molecule has 2 aliphatic rings. The lowest BCUT2D eigenvalue weighted by Crippen LogP contribution is -2.52. The van der Waals surface area contributed by atoms with E-state index in [4.69, 9.17) is 0 Å². The molecule has 1 atom stereocenters. The number of amides is 1. The highest BCUT2D eigenvalue weighted by Gasteiger charge is 2.51. The predicted octanol–water partition coefficient (Wildman–Crippen LogP) is 1.38. The second-order valence-electron chi connectivity index (χ2n) is 5.61. The third-order valence-electron chi connectivity index (χ3n) is 4.15. The quantitative estimate of drug-likeness (QED) is 0.802. The van der Waals surface area contributed by atoms with E-state index in [2.05, 4.69) is 29.2 Å². The van der Waals surface area contributed by atoms with Crippen LogP contribution >= 0.6 is 0 Å². The molecule has 0 radical (unpaired) electrons. The van der Waals surface area contributed by atoms with Crippen molar-refractivity contribution in [2.45, 2.75) is 12.8 Å². The summed E-state index contributed by atoms with van der Waals surface area (Å²) < 4.78 is 0. The molecule has 1 saturated heterocycles. The van der Waals surface area contributed by atoms with Crippen molar-refractivity contribution in [2.75, 3.05) is 27.2 Å². The van der Waals surface area contributed by atoms with Gasteiger partial charge in [0.25, 0.3) is 5.91 Å². The molecule has 1 aromatic rings. The zero-order chi connectivity index (χ0) is 13.5. The van der Waals surface area contributed by atoms with Gasteiger partial charge in [-0.1, -0.05) is 30.3 Å². The van der Waals surface area contributed by atoms with Crippen molar-refractivity contribution >= 4 is 11.6 Å². The number of hydrazone groups is 1. The fourth-order valence-electron chi connectivity index (χ4n) is 3.22. The molecule has 0 bridgehead atoms. The molecule has 0 aromatic heterocycles. The average Bonchev–Trinajstić information content (AvgIpc) is 2.64. The zero-order valence-corrected chi connectivity index (χ0v) is 11.5. The maximum Gasteiger partial charge on any atom is 0.256 e. The van der Waals surface area contributed by atoms with Gasteiger partial charge in [-0.3, -0.25) is 4.79 Å². The van der Waals surface area contributed by atoms with Gasteiger partial charge >= 0.3 is 0 Å². The second-order valence-corrected chi connectivity index (χ2v) is 5.61.